The van der Waals surface area contributed by atoms with E-state index in [1.807, 2.05) is 0 Å². The van der Waals surface area contributed by atoms with Crippen molar-refractivity contribution in [3.05, 3.63) is 54.4 Å². The van der Waals surface area contributed by atoms with Crippen molar-refractivity contribution in [2.24, 2.45) is 0 Å². The second kappa shape index (κ2) is 8.96. The zero-order valence-corrected chi connectivity index (χ0v) is 13.5. The quantitative estimate of drug-likeness (QED) is 0.557. The summed E-state index contributed by atoms with van der Waals surface area (Å²) in [6.07, 6.45) is 3.10. The van der Waals surface area contributed by atoms with E-state index < -0.39 is 24.4 Å². The third-order valence-electron chi connectivity index (χ3n) is 2.98. The third-order valence-corrected chi connectivity index (χ3v) is 2.98. The number of likely N-dealkylation sites (N-methyl/N-ethyl adjacent to an activating group) is 1. The second-order valence-electron chi connectivity index (χ2n) is 4.93. The van der Waals surface area contributed by atoms with Gasteiger partial charge in [0.2, 0.25) is 5.95 Å². The van der Waals surface area contributed by atoms with E-state index in [-0.39, 0.29) is 6.54 Å². The Kier molecular flexibility index (Phi) is 6.40. The fraction of sp³-hybridized carbons (Fsp3) is 0.188. The molecular formula is C16H17N5O4. The minimum absolute atomic E-state index is 0.117. The summed E-state index contributed by atoms with van der Waals surface area (Å²) >= 11 is 0. The van der Waals surface area contributed by atoms with Gasteiger partial charge in [0, 0.05) is 25.0 Å². The Hall–Kier alpha value is -3.49. The Balaban J connectivity index is 1.69. The van der Waals surface area contributed by atoms with E-state index in [9.17, 15) is 14.4 Å². The molecule has 0 saturated heterocycles. The number of rotatable bonds is 6. The number of anilines is 1. The highest BCUT2D eigenvalue weighted by Gasteiger charge is 2.13. The fourth-order valence-electron chi connectivity index (χ4n) is 1.77. The van der Waals surface area contributed by atoms with Crippen molar-refractivity contribution in [1.82, 2.24) is 20.8 Å². The lowest BCUT2D eigenvalue weighted by Gasteiger charge is -2.15. The molecule has 0 radical (unpaired) electrons. The van der Waals surface area contributed by atoms with E-state index in [1.54, 1.807) is 55.8 Å². The topological polar surface area (TPSA) is 114 Å². The molecule has 2 aromatic rings. The summed E-state index contributed by atoms with van der Waals surface area (Å²) < 4.78 is 4.83. The summed E-state index contributed by atoms with van der Waals surface area (Å²) in [5.41, 5.74) is 4.79. The molecule has 25 heavy (non-hydrogen) atoms. The molecule has 130 valence electrons. The standard InChI is InChI=1S/C16H17N5O4/c1-21(16-17-8-5-9-18-16)10-14(23)25-11-13(22)19-20-15(24)12-6-3-2-4-7-12/h2-9H,10-11H2,1H3,(H,19,22)(H,20,24). The van der Waals surface area contributed by atoms with Gasteiger partial charge < -0.3 is 9.64 Å². The van der Waals surface area contributed by atoms with Crippen LogP contribution >= 0.6 is 0 Å². The van der Waals surface area contributed by atoms with Gasteiger partial charge in [-0.25, -0.2) is 9.97 Å². The molecule has 0 aliphatic heterocycles. The SMILES string of the molecule is CN(CC(=O)OCC(=O)NNC(=O)c1ccccc1)c1ncccn1. The normalized spacial score (nSPS) is 9.80. The molecule has 2 rings (SSSR count). The molecule has 0 atom stereocenters. The smallest absolute Gasteiger partial charge is 0.326 e. The van der Waals surface area contributed by atoms with E-state index in [4.69, 9.17) is 4.74 Å². The van der Waals surface area contributed by atoms with Crippen molar-refractivity contribution in [3.63, 3.8) is 0 Å². The van der Waals surface area contributed by atoms with Crippen LogP contribution in [-0.2, 0) is 14.3 Å². The summed E-state index contributed by atoms with van der Waals surface area (Å²) in [6, 6.07) is 10.0. The second-order valence-corrected chi connectivity index (χ2v) is 4.93. The maximum Gasteiger partial charge on any atom is 0.326 e. The predicted octanol–water partition coefficient (Wildman–Crippen LogP) is -0.0828. The Morgan fingerprint density at radius 1 is 1.04 bits per heavy atom. The largest absolute Gasteiger partial charge is 0.454 e. The minimum atomic E-state index is -0.656. The van der Waals surface area contributed by atoms with Gasteiger partial charge in [-0.1, -0.05) is 18.2 Å². The van der Waals surface area contributed by atoms with Crippen LogP contribution in [0, 0.1) is 0 Å². The molecule has 9 heteroatoms. The van der Waals surface area contributed by atoms with Crippen LogP contribution in [0.1, 0.15) is 10.4 Å². The predicted molar refractivity (Wildman–Crippen MR) is 88.3 cm³/mol. The number of benzene rings is 1. The van der Waals surface area contributed by atoms with Crippen LogP contribution in [0.4, 0.5) is 5.95 Å². The van der Waals surface area contributed by atoms with Crippen molar-refractivity contribution in [2.45, 2.75) is 0 Å². The average Bonchev–Trinajstić information content (AvgIpc) is 2.65. The van der Waals surface area contributed by atoms with E-state index in [0.717, 1.165) is 0 Å². The number of carbonyl (C=O) groups is 3. The molecule has 0 unspecified atom stereocenters. The highest BCUT2D eigenvalue weighted by molar-refractivity contribution is 5.95. The number of hydrogen-bond donors (Lipinski definition) is 2. The Morgan fingerprint density at radius 3 is 2.40 bits per heavy atom. The van der Waals surface area contributed by atoms with Crippen molar-refractivity contribution in [2.75, 3.05) is 25.1 Å². The molecule has 0 aliphatic carbocycles. The number of carbonyl (C=O) groups excluding carboxylic acids is 3. The number of amides is 2. The molecule has 9 nitrogen and oxygen atoms in total. The summed E-state index contributed by atoms with van der Waals surface area (Å²) in [6.45, 7) is -0.634. The third kappa shape index (κ3) is 5.90. The molecule has 0 spiro atoms. The first kappa shape index (κ1) is 17.9. The zero-order valence-electron chi connectivity index (χ0n) is 13.5. The molecule has 2 N–H and O–H groups in total. The Bertz CT molecular complexity index is 724. The maximum atomic E-state index is 11.7. The average molecular weight is 343 g/mol. The molecule has 0 bridgehead atoms. The molecule has 0 fully saturated rings. The van der Waals surface area contributed by atoms with Gasteiger partial charge in [-0.05, 0) is 18.2 Å². The van der Waals surface area contributed by atoms with E-state index in [0.29, 0.717) is 11.5 Å². The van der Waals surface area contributed by atoms with E-state index >= 15 is 0 Å². The summed E-state index contributed by atoms with van der Waals surface area (Å²) in [4.78, 5) is 44.5. The van der Waals surface area contributed by atoms with Crippen LogP contribution < -0.4 is 15.8 Å². The monoisotopic (exact) mass is 343 g/mol. The van der Waals surface area contributed by atoms with Gasteiger partial charge in [-0.15, -0.1) is 0 Å². The molecule has 1 heterocycles. The number of hydrogen-bond acceptors (Lipinski definition) is 7. The molecular weight excluding hydrogens is 326 g/mol. The van der Waals surface area contributed by atoms with Crippen molar-refractivity contribution < 1.29 is 19.1 Å². The number of aromatic nitrogens is 2. The van der Waals surface area contributed by atoms with E-state index in [1.165, 1.54) is 4.90 Å². The van der Waals surface area contributed by atoms with Gasteiger partial charge in [0.1, 0.15) is 6.54 Å². The lowest BCUT2D eigenvalue weighted by atomic mass is 10.2. The Labute approximate surface area is 144 Å². The molecule has 1 aromatic heterocycles. The number of ether oxygens (including phenoxy) is 1. The number of nitrogens with zero attached hydrogens (tertiary/aromatic N) is 3. The van der Waals surface area contributed by atoms with Gasteiger partial charge in [-0.2, -0.15) is 0 Å². The van der Waals surface area contributed by atoms with Crippen molar-refractivity contribution in [3.8, 4) is 0 Å². The van der Waals surface area contributed by atoms with Crippen LogP contribution in [-0.4, -0.2) is 48.0 Å². The number of hydrazine groups is 1. The van der Waals surface area contributed by atoms with Crippen LogP contribution in [0.3, 0.4) is 0 Å². The summed E-state index contributed by atoms with van der Waals surface area (Å²) in [7, 11) is 1.62. The first-order valence-electron chi connectivity index (χ1n) is 7.34. The van der Waals surface area contributed by atoms with Crippen molar-refractivity contribution in [1.29, 1.82) is 0 Å². The summed E-state index contributed by atoms with van der Waals surface area (Å²) in [5.74, 6) is -1.39. The molecule has 0 aliphatic rings. The van der Waals surface area contributed by atoms with Gasteiger partial charge in [0.25, 0.3) is 11.8 Å². The highest BCUT2D eigenvalue weighted by atomic mass is 16.5. The first-order valence-corrected chi connectivity index (χ1v) is 7.34. The first-order chi connectivity index (χ1) is 12.1. The van der Waals surface area contributed by atoms with Crippen LogP contribution in [0.2, 0.25) is 0 Å². The number of esters is 1. The Morgan fingerprint density at radius 2 is 1.72 bits per heavy atom. The molecule has 0 saturated carbocycles. The summed E-state index contributed by atoms with van der Waals surface area (Å²) in [5, 5.41) is 0. The van der Waals surface area contributed by atoms with Gasteiger partial charge in [0.05, 0.1) is 0 Å². The van der Waals surface area contributed by atoms with Crippen LogP contribution in [0.15, 0.2) is 48.8 Å². The lowest BCUT2D eigenvalue weighted by molar-refractivity contribution is -0.147. The van der Waals surface area contributed by atoms with E-state index in [2.05, 4.69) is 20.8 Å². The zero-order chi connectivity index (χ0) is 18.1. The maximum absolute atomic E-state index is 11.7. The fourth-order valence-corrected chi connectivity index (χ4v) is 1.77. The minimum Gasteiger partial charge on any atom is -0.454 e. The molecule has 1 aromatic carbocycles. The van der Waals surface area contributed by atoms with Crippen LogP contribution in [0.25, 0.3) is 0 Å². The number of nitrogens with one attached hydrogen (secondary N) is 2. The van der Waals surface area contributed by atoms with Gasteiger partial charge in [-0.3, -0.25) is 25.2 Å². The van der Waals surface area contributed by atoms with Crippen molar-refractivity contribution >= 4 is 23.7 Å². The van der Waals surface area contributed by atoms with Gasteiger partial charge >= 0.3 is 5.97 Å². The molecule has 2 amide bonds. The highest BCUT2D eigenvalue weighted by Crippen LogP contribution is 2.01. The van der Waals surface area contributed by atoms with Gasteiger partial charge in [0.15, 0.2) is 6.61 Å². The lowest BCUT2D eigenvalue weighted by Crippen LogP contribution is -2.44. The van der Waals surface area contributed by atoms with Crippen LogP contribution in [0.5, 0.6) is 0 Å².